The van der Waals surface area contributed by atoms with E-state index < -0.39 is 0 Å². The molecule has 1 fully saturated rings. The zero-order chi connectivity index (χ0) is 18.2. The highest BCUT2D eigenvalue weighted by Gasteiger charge is 2.31. The molecule has 0 atom stereocenters. The average Bonchev–Trinajstić information content (AvgIpc) is 2.88. The van der Waals surface area contributed by atoms with Crippen molar-refractivity contribution in [1.29, 1.82) is 0 Å². The fraction of sp³-hybridized carbons (Fsp3) is 0.389. The maximum Gasteiger partial charge on any atom is 0.305 e. The lowest BCUT2D eigenvalue weighted by molar-refractivity contribution is -0.141. The molecule has 25 heavy (non-hydrogen) atoms. The third-order valence-electron chi connectivity index (χ3n) is 3.53. The van der Waals surface area contributed by atoms with E-state index in [0.29, 0.717) is 28.8 Å². The monoisotopic (exact) mass is 379 g/mol. The van der Waals surface area contributed by atoms with Crippen LogP contribution in [0.25, 0.3) is 6.08 Å². The van der Waals surface area contributed by atoms with Crippen LogP contribution in [0.4, 0.5) is 0 Å². The molecule has 1 aliphatic heterocycles. The molecule has 0 radical (unpaired) electrons. The van der Waals surface area contributed by atoms with E-state index in [4.69, 9.17) is 17.0 Å². The number of amides is 1. The first-order valence-electron chi connectivity index (χ1n) is 8.10. The second-order valence-corrected chi connectivity index (χ2v) is 7.08. The van der Waals surface area contributed by atoms with Gasteiger partial charge in [0, 0.05) is 18.5 Å². The van der Waals surface area contributed by atoms with Crippen molar-refractivity contribution in [3.05, 3.63) is 34.7 Å². The summed E-state index contributed by atoms with van der Waals surface area (Å²) >= 11 is 6.57. The lowest BCUT2D eigenvalue weighted by Gasteiger charge is -2.13. The minimum atomic E-state index is -0.289. The van der Waals surface area contributed by atoms with Gasteiger partial charge in [0.2, 0.25) is 0 Å². The van der Waals surface area contributed by atoms with Crippen LogP contribution in [0.3, 0.4) is 0 Å². The van der Waals surface area contributed by atoms with E-state index >= 15 is 0 Å². The second kappa shape index (κ2) is 9.58. The predicted molar refractivity (Wildman–Crippen MR) is 103 cm³/mol. The van der Waals surface area contributed by atoms with Gasteiger partial charge >= 0.3 is 5.97 Å². The first-order valence-corrected chi connectivity index (χ1v) is 9.33. The van der Waals surface area contributed by atoms with E-state index in [1.165, 1.54) is 23.8 Å². The highest BCUT2D eigenvalue weighted by atomic mass is 32.2. The van der Waals surface area contributed by atoms with Crippen LogP contribution in [0.15, 0.2) is 29.2 Å². The molecule has 0 unspecified atom stereocenters. The molecule has 0 bridgehead atoms. The molecular formula is C18H21NO4S2. The van der Waals surface area contributed by atoms with Gasteiger partial charge in [0.15, 0.2) is 0 Å². The van der Waals surface area contributed by atoms with Gasteiger partial charge in [0.25, 0.3) is 5.91 Å². The molecule has 0 aromatic heterocycles. The van der Waals surface area contributed by atoms with Gasteiger partial charge in [-0.15, -0.1) is 0 Å². The molecular weight excluding hydrogens is 358 g/mol. The number of hydrogen-bond acceptors (Lipinski definition) is 6. The smallest absolute Gasteiger partial charge is 0.305 e. The van der Waals surface area contributed by atoms with Crippen molar-refractivity contribution >= 4 is 46.3 Å². The minimum absolute atomic E-state index is 0.134. The standard InChI is InChI=1S/C18H21NO4S2/c1-3-11-23-14-8-5-4-7-13(14)12-15-17(21)19(18(24)25-15)10-6-9-16(20)22-2/h4-5,7-8,12H,3,6,9-11H2,1-2H3/b15-12+. The third-order valence-corrected chi connectivity index (χ3v) is 4.91. The lowest BCUT2D eigenvalue weighted by atomic mass is 10.2. The number of methoxy groups -OCH3 is 1. The lowest BCUT2D eigenvalue weighted by Crippen LogP contribution is -2.29. The fourth-order valence-corrected chi connectivity index (χ4v) is 3.56. The number of nitrogens with zero attached hydrogens (tertiary/aromatic N) is 1. The summed E-state index contributed by atoms with van der Waals surface area (Å²) < 4.78 is 10.8. The van der Waals surface area contributed by atoms with E-state index in [0.717, 1.165) is 17.7 Å². The van der Waals surface area contributed by atoms with E-state index in [-0.39, 0.29) is 18.3 Å². The zero-order valence-corrected chi connectivity index (χ0v) is 16.0. The molecule has 0 N–H and O–H groups in total. The molecule has 0 saturated carbocycles. The maximum absolute atomic E-state index is 12.6. The number of para-hydroxylation sites is 1. The van der Waals surface area contributed by atoms with E-state index in [1.54, 1.807) is 0 Å². The van der Waals surface area contributed by atoms with Crippen LogP contribution in [0.2, 0.25) is 0 Å². The molecule has 1 aromatic carbocycles. The number of ether oxygens (including phenoxy) is 2. The number of thioether (sulfide) groups is 1. The number of rotatable bonds is 8. The Kier molecular flexibility index (Phi) is 7.46. The van der Waals surface area contributed by atoms with Crippen molar-refractivity contribution in [3.63, 3.8) is 0 Å². The van der Waals surface area contributed by atoms with Gasteiger partial charge in [-0.05, 0) is 25.0 Å². The summed E-state index contributed by atoms with van der Waals surface area (Å²) in [5.41, 5.74) is 0.853. The number of hydrogen-bond donors (Lipinski definition) is 0. The summed E-state index contributed by atoms with van der Waals surface area (Å²) in [5, 5.41) is 0. The number of thiocarbonyl (C=S) groups is 1. The SMILES string of the molecule is CCCOc1ccccc1/C=C1/SC(=S)N(CCCC(=O)OC)C1=O. The van der Waals surface area contributed by atoms with Gasteiger partial charge in [-0.1, -0.05) is 49.1 Å². The van der Waals surface area contributed by atoms with Crippen molar-refractivity contribution in [1.82, 2.24) is 4.90 Å². The van der Waals surface area contributed by atoms with Crippen molar-refractivity contribution in [3.8, 4) is 5.75 Å². The normalized spacial score (nSPS) is 15.8. The first-order chi connectivity index (χ1) is 12.1. The molecule has 2 rings (SSSR count). The van der Waals surface area contributed by atoms with E-state index in [2.05, 4.69) is 4.74 Å². The molecule has 0 spiro atoms. The van der Waals surface area contributed by atoms with E-state index in [9.17, 15) is 9.59 Å². The Bertz CT molecular complexity index is 687. The molecule has 0 aliphatic carbocycles. The summed E-state index contributed by atoms with van der Waals surface area (Å²) in [6.45, 7) is 3.08. The summed E-state index contributed by atoms with van der Waals surface area (Å²) in [6.07, 6.45) is 3.50. The van der Waals surface area contributed by atoms with Crippen LogP contribution in [-0.2, 0) is 14.3 Å². The van der Waals surface area contributed by atoms with Crippen molar-refractivity contribution < 1.29 is 19.1 Å². The van der Waals surface area contributed by atoms with Gasteiger partial charge in [-0.2, -0.15) is 0 Å². The van der Waals surface area contributed by atoms with Crippen LogP contribution in [0.1, 0.15) is 31.7 Å². The van der Waals surface area contributed by atoms with Gasteiger partial charge < -0.3 is 9.47 Å². The Labute approximate surface area is 157 Å². The number of benzene rings is 1. The molecule has 5 nitrogen and oxygen atoms in total. The molecule has 1 aromatic rings. The molecule has 7 heteroatoms. The molecule has 1 saturated heterocycles. The quantitative estimate of drug-likeness (QED) is 0.391. The topological polar surface area (TPSA) is 55.8 Å². The highest BCUT2D eigenvalue weighted by molar-refractivity contribution is 8.26. The predicted octanol–water partition coefficient (Wildman–Crippen LogP) is 3.63. The third kappa shape index (κ3) is 5.31. The van der Waals surface area contributed by atoms with Gasteiger partial charge in [-0.3, -0.25) is 14.5 Å². The Morgan fingerprint density at radius 1 is 1.36 bits per heavy atom. The van der Waals surface area contributed by atoms with E-state index in [1.807, 2.05) is 37.3 Å². The second-order valence-electron chi connectivity index (χ2n) is 5.40. The number of carbonyl (C=O) groups excluding carboxylic acids is 2. The summed E-state index contributed by atoms with van der Waals surface area (Å²) in [4.78, 5) is 25.9. The van der Waals surface area contributed by atoms with Gasteiger partial charge in [0.05, 0.1) is 18.6 Å². The van der Waals surface area contributed by atoms with Gasteiger partial charge in [-0.25, -0.2) is 0 Å². The van der Waals surface area contributed by atoms with Crippen molar-refractivity contribution in [2.75, 3.05) is 20.3 Å². The number of esters is 1. The summed E-state index contributed by atoms with van der Waals surface area (Å²) in [7, 11) is 1.35. The van der Waals surface area contributed by atoms with Crippen LogP contribution in [0.5, 0.6) is 5.75 Å². The number of carbonyl (C=O) groups is 2. The zero-order valence-electron chi connectivity index (χ0n) is 14.3. The fourth-order valence-electron chi connectivity index (χ4n) is 2.26. The minimum Gasteiger partial charge on any atom is -0.493 e. The van der Waals surface area contributed by atoms with Crippen LogP contribution in [0, 0.1) is 0 Å². The average molecular weight is 380 g/mol. The first kappa shape index (κ1) is 19.5. The van der Waals surface area contributed by atoms with Crippen LogP contribution >= 0.6 is 24.0 Å². The Morgan fingerprint density at radius 3 is 2.84 bits per heavy atom. The molecule has 1 aliphatic rings. The van der Waals surface area contributed by atoms with Crippen molar-refractivity contribution in [2.45, 2.75) is 26.2 Å². The maximum atomic E-state index is 12.6. The highest BCUT2D eigenvalue weighted by Crippen LogP contribution is 2.34. The molecule has 1 heterocycles. The summed E-state index contributed by atoms with van der Waals surface area (Å²) in [6, 6.07) is 7.61. The molecule has 1 amide bonds. The molecule has 134 valence electrons. The van der Waals surface area contributed by atoms with Gasteiger partial charge in [0.1, 0.15) is 10.1 Å². The Hall–Kier alpha value is -1.86. The van der Waals surface area contributed by atoms with Crippen LogP contribution in [-0.4, -0.2) is 41.4 Å². The summed E-state index contributed by atoms with van der Waals surface area (Å²) in [5.74, 6) is 0.327. The largest absolute Gasteiger partial charge is 0.493 e. The Morgan fingerprint density at radius 2 is 2.12 bits per heavy atom. The Balaban J connectivity index is 2.08. The van der Waals surface area contributed by atoms with Crippen molar-refractivity contribution in [2.24, 2.45) is 0 Å². The van der Waals surface area contributed by atoms with Crippen LogP contribution < -0.4 is 4.74 Å².